The number of rotatable bonds is 5. The Bertz CT molecular complexity index is 1380. The van der Waals surface area contributed by atoms with Crippen LogP contribution in [0.15, 0.2) is 60.6 Å². The van der Waals surface area contributed by atoms with Gasteiger partial charge in [0.1, 0.15) is 17.4 Å². The Morgan fingerprint density at radius 2 is 1.94 bits per heavy atom. The fourth-order valence-corrected chi connectivity index (χ4v) is 4.54. The molecule has 7 nitrogen and oxygen atoms in total. The van der Waals surface area contributed by atoms with E-state index in [9.17, 15) is 8.78 Å². The van der Waals surface area contributed by atoms with E-state index in [1.54, 1.807) is 30.7 Å². The van der Waals surface area contributed by atoms with E-state index < -0.39 is 11.6 Å². The summed E-state index contributed by atoms with van der Waals surface area (Å²) in [5.41, 5.74) is 9.92. The number of imidazole rings is 1. The minimum absolute atomic E-state index is 0.00513. The van der Waals surface area contributed by atoms with E-state index in [2.05, 4.69) is 33.4 Å². The zero-order chi connectivity index (χ0) is 23.8. The van der Waals surface area contributed by atoms with E-state index >= 15 is 0 Å². The van der Waals surface area contributed by atoms with Crippen LogP contribution in [0.4, 0.5) is 20.4 Å². The minimum atomic E-state index is -0.759. The molecule has 2 unspecified atom stereocenters. The molecule has 2 atom stereocenters. The summed E-state index contributed by atoms with van der Waals surface area (Å²) in [5, 5.41) is 7.77. The van der Waals surface area contributed by atoms with E-state index in [-0.39, 0.29) is 29.0 Å². The molecule has 9 heteroatoms. The van der Waals surface area contributed by atoms with Crippen molar-refractivity contribution in [3.8, 4) is 17.0 Å². The van der Waals surface area contributed by atoms with Crippen LogP contribution in [-0.4, -0.2) is 32.7 Å². The molecule has 0 radical (unpaired) electrons. The quantitative estimate of drug-likeness (QED) is 0.407. The van der Waals surface area contributed by atoms with Gasteiger partial charge in [-0.3, -0.25) is 4.98 Å². The van der Waals surface area contributed by atoms with Crippen LogP contribution in [0, 0.1) is 11.6 Å². The van der Waals surface area contributed by atoms with Gasteiger partial charge in [0.25, 0.3) is 0 Å². The number of ether oxygens (including phenoxy) is 1. The molecule has 3 N–H and O–H groups in total. The maximum atomic E-state index is 14.7. The molecule has 0 amide bonds. The smallest absolute Gasteiger partial charge is 0.229 e. The molecule has 174 valence electrons. The molecule has 3 aromatic heterocycles. The highest BCUT2D eigenvalue weighted by molar-refractivity contribution is 5.66. The van der Waals surface area contributed by atoms with Crippen molar-refractivity contribution in [1.82, 2.24) is 19.6 Å². The van der Waals surface area contributed by atoms with Crippen LogP contribution < -0.4 is 15.8 Å². The van der Waals surface area contributed by atoms with Crippen molar-refractivity contribution in [3.63, 3.8) is 0 Å². The van der Waals surface area contributed by atoms with E-state index in [1.807, 2.05) is 6.07 Å². The monoisotopic (exact) mass is 462 g/mol. The fourth-order valence-electron chi connectivity index (χ4n) is 4.54. The highest BCUT2D eigenvalue weighted by atomic mass is 19.1. The molecule has 3 heterocycles. The number of anilines is 2. The first-order valence-corrected chi connectivity index (χ1v) is 10.9. The van der Waals surface area contributed by atoms with Gasteiger partial charge in [0.15, 0.2) is 0 Å². The van der Waals surface area contributed by atoms with Crippen molar-refractivity contribution in [2.24, 2.45) is 5.73 Å². The largest absolute Gasteiger partial charge is 0.497 e. The number of aromatic nitrogens is 4. The first kappa shape index (κ1) is 22.0. The zero-order valence-corrected chi connectivity index (χ0v) is 18.8. The van der Waals surface area contributed by atoms with Crippen LogP contribution in [-0.2, 0) is 0 Å². The van der Waals surface area contributed by atoms with Crippen molar-refractivity contribution >= 4 is 17.2 Å². The molecule has 1 aromatic carbocycles. The number of hydrogen-bond acceptors (Lipinski definition) is 6. The third kappa shape index (κ3) is 4.10. The Balaban J connectivity index is 1.52. The molecule has 0 aliphatic heterocycles. The number of benzene rings is 1. The molecule has 0 bridgehead atoms. The van der Waals surface area contributed by atoms with Crippen LogP contribution in [0.3, 0.4) is 0 Å². The summed E-state index contributed by atoms with van der Waals surface area (Å²) in [5.74, 6) is -0.771. The van der Waals surface area contributed by atoms with Gasteiger partial charge in [-0.25, -0.2) is 13.8 Å². The number of pyridine rings is 1. The zero-order valence-electron chi connectivity index (χ0n) is 18.8. The highest BCUT2D eigenvalue weighted by Crippen LogP contribution is 2.37. The van der Waals surface area contributed by atoms with Crippen molar-refractivity contribution in [2.45, 2.75) is 31.7 Å². The lowest BCUT2D eigenvalue weighted by Gasteiger charge is -2.27. The average molecular weight is 463 g/mol. The minimum Gasteiger partial charge on any atom is -0.497 e. The average Bonchev–Trinajstić information content (AvgIpc) is 3.20. The summed E-state index contributed by atoms with van der Waals surface area (Å²) < 4.78 is 35.8. The molecule has 1 aliphatic rings. The number of nitrogens with one attached hydrogen (secondary N) is 1. The van der Waals surface area contributed by atoms with Crippen LogP contribution in [0.1, 0.15) is 31.2 Å². The molecule has 4 aromatic rings. The third-order valence-corrected chi connectivity index (χ3v) is 6.06. The summed E-state index contributed by atoms with van der Waals surface area (Å²) in [6.07, 6.45) is 8.98. The van der Waals surface area contributed by atoms with Gasteiger partial charge in [0, 0.05) is 24.4 Å². The molecule has 0 fully saturated rings. The predicted octanol–water partition coefficient (Wildman–Crippen LogP) is 4.97. The number of fused-ring (bicyclic) bond motifs is 1. The normalized spacial score (nSPS) is 18.1. The predicted molar refractivity (Wildman–Crippen MR) is 126 cm³/mol. The molecule has 5 rings (SSSR count). The Labute approximate surface area is 195 Å². The van der Waals surface area contributed by atoms with Gasteiger partial charge in [0.2, 0.25) is 5.95 Å². The first-order chi connectivity index (χ1) is 16.4. The number of methoxy groups -OCH3 is 1. The summed E-state index contributed by atoms with van der Waals surface area (Å²) in [6, 6.07) is 7.51. The van der Waals surface area contributed by atoms with E-state index in [0.29, 0.717) is 11.5 Å². The van der Waals surface area contributed by atoms with Crippen molar-refractivity contribution in [2.75, 3.05) is 12.4 Å². The molecular formula is C25H24F2N6O. The fraction of sp³-hybridized carbons (Fsp3) is 0.240. The van der Waals surface area contributed by atoms with Gasteiger partial charge in [-0.1, -0.05) is 11.6 Å². The Morgan fingerprint density at radius 1 is 1.15 bits per heavy atom. The second kappa shape index (κ2) is 8.83. The standard InChI is InChI=1S/C25H24F2N6O/c1-14-7-15(9-16(28)8-14)19-5-6-29-13-23(19)31-25-30-12-17-3-4-22(32-33(17)25)24-20(26)10-18(34-2)11-21(24)27/h3-6,8,10-13,15-16H,7,9,28H2,1-2H3,(H,30,31). The van der Waals surface area contributed by atoms with Gasteiger partial charge in [-0.2, -0.15) is 9.61 Å². The Kier molecular flexibility index (Phi) is 5.70. The van der Waals surface area contributed by atoms with Crippen molar-refractivity contribution < 1.29 is 13.5 Å². The maximum Gasteiger partial charge on any atom is 0.229 e. The van der Waals surface area contributed by atoms with Crippen LogP contribution in [0.2, 0.25) is 0 Å². The molecule has 0 spiro atoms. The number of hydrogen-bond donors (Lipinski definition) is 2. The van der Waals surface area contributed by atoms with Crippen LogP contribution >= 0.6 is 0 Å². The van der Waals surface area contributed by atoms with Crippen molar-refractivity contribution in [3.05, 3.63) is 77.8 Å². The number of halogens is 2. The summed E-state index contributed by atoms with van der Waals surface area (Å²) in [4.78, 5) is 8.70. The number of nitrogens with two attached hydrogens (primary N) is 1. The van der Waals surface area contributed by atoms with Crippen LogP contribution in [0.5, 0.6) is 5.75 Å². The Morgan fingerprint density at radius 3 is 2.68 bits per heavy atom. The molecule has 34 heavy (non-hydrogen) atoms. The number of allylic oxidation sites excluding steroid dienone is 1. The van der Waals surface area contributed by atoms with Gasteiger partial charge in [-0.15, -0.1) is 0 Å². The van der Waals surface area contributed by atoms with Gasteiger partial charge in [-0.05, 0) is 49.4 Å². The SMILES string of the molecule is COc1cc(F)c(-c2ccc3cnc(Nc4cnccc4C4CC(C)=CC(N)C4)n3n2)c(F)c1. The summed E-state index contributed by atoms with van der Waals surface area (Å²) in [6.45, 7) is 2.09. The van der Waals surface area contributed by atoms with Gasteiger partial charge < -0.3 is 15.8 Å². The third-order valence-electron chi connectivity index (χ3n) is 6.06. The lowest BCUT2D eigenvalue weighted by Crippen LogP contribution is -2.25. The molecule has 1 aliphatic carbocycles. The second-order valence-electron chi connectivity index (χ2n) is 8.50. The number of nitrogens with zero attached hydrogens (tertiary/aromatic N) is 4. The topological polar surface area (TPSA) is 90.4 Å². The summed E-state index contributed by atoms with van der Waals surface area (Å²) in [7, 11) is 1.35. The van der Waals surface area contributed by atoms with E-state index in [1.165, 1.54) is 17.2 Å². The van der Waals surface area contributed by atoms with Gasteiger partial charge >= 0.3 is 0 Å². The highest BCUT2D eigenvalue weighted by Gasteiger charge is 2.23. The van der Waals surface area contributed by atoms with Gasteiger partial charge in [0.05, 0.1) is 42.0 Å². The molecular weight excluding hydrogens is 438 g/mol. The summed E-state index contributed by atoms with van der Waals surface area (Å²) >= 11 is 0. The first-order valence-electron chi connectivity index (χ1n) is 10.9. The Hall–Kier alpha value is -3.85. The lowest BCUT2D eigenvalue weighted by atomic mass is 9.82. The second-order valence-corrected chi connectivity index (χ2v) is 8.50. The van der Waals surface area contributed by atoms with Crippen molar-refractivity contribution in [1.29, 1.82) is 0 Å². The van der Waals surface area contributed by atoms with E-state index in [4.69, 9.17) is 10.5 Å². The lowest BCUT2D eigenvalue weighted by molar-refractivity contribution is 0.407. The van der Waals surface area contributed by atoms with Crippen LogP contribution in [0.25, 0.3) is 16.8 Å². The molecule has 0 saturated carbocycles. The maximum absolute atomic E-state index is 14.7. The van der Waals surface area contributed by atoms with E-state index in [0.717, 1.165) is 36.2 Å². The molecule has 0 saturated heterocycles.